The highest BCUT2D eigenvalue weighted by Gasteiger charge is 2.21. The summed E-state index contributed by atoms with van der Waals surface area (Å²) in [5, 5.41) is 7.46. The summed E-state index contributed by atoms with van der Waals surface area (Å²) in [7, 11) is 2.49. The summed E-state index contributed by atoms with van der Waals surface area (Å²) in [6.07, 6.45) is 4.66. The molecule has 19 nitrogen and oxygen atoms in total. The van der Waals surface area contributed by atoms with Crippen molar-refractivity contribution < 1.29 is 23.8 Å². The third-order valence-electron chi connectivity index (χ3n) is 8.11. The summed E-state index contributed by atoms with van der Waals surface area (Å²) in [6.45, 7) is 2.96. The molecule has 296 valence electrons. The number of esters is 2. The Morgan fingerprint density at radius 2 is 1.44 bits per heavy atom. The van der Waals surface area contributed by atoms with Crippen LogP contribution in [0.4, 0.5) is 11.6 Å². The number of methoxy groups -OCH3 is 2. The zero-order valence-electron chi connectivity index (χ0n) is 31.1. The summed E-state index contributed by atoms with van der Waals surface area (Å²) in [6, 6.07) is 20.8. The van der Waals surface area contributed by atoms with Crippen molar-refractivity contribution in [3.05, 3.63) is 144 Å². The Kier molecular flexibility index (Phi) is 13.6. The number of carbonyl (C=O) groups is 2. The number of carbonyl (C=O) groups excluding carboxylic acids is 2. The number of ether oxygens (including phenoxy) is 3. The van der Waals surface area contributed by atoms with Crippen LogP contribution >= 0.6 is 11.6 Å². The predicted octanol–water partition coefficient (Wildman–Crippen LogP) is 2.77. The van der Waals surface area contributed by atoms with Gasteiger partial charge in [0.2, 0.25) is 17.8 Å². The Hall–Kier alpha value is -7.15. The van der Waals surface area contributed by atoms with E-state index in [1.54, 1.807) is 93.0 Å². The highest BCUT2D eigenvalue weighted by Crippen LogP contribution is 2.23. The van der Waals surface area contributed by atoms with Gasteiger partial charge < -0.3 is 19.5 Å². The number of aromatic nitrogens is 9. The molecule has 0 spiro atoms. The van der Waals surface area contributed by atoms with Gasteiger partial charge in [0.1, 0.15) is 5.75 Å². The van der Waals surface area contributed by atoms with E-state index >= 15 is 0 Å². The second-order valence-electron chi connectivity index (χ2n) is 12.3. The number of nitrogens with one attached hydrogen (secondary N) is 2. The van der Waals surface area contributed by atoms with Crippen molar-refractivity contribution in [2.45, 2.75) is 33.5 Å². The number of H-pyrrole nitrogens is 1. The number of rotatable bonds is 13. The fraction of sp³-hybridized carbons (Fsp3) is 0.243. The highest BCUT2D eigenvalue weighted by atomic mass is 35.5. The number of halogens is 1. The fourth-order valence-corrected chi connectivity index (χ4v) is 5.28. The van der Waals surface area contributed by atoms with Crippen LogP contribution in [-0.4, -0.2) is 69.6 Å². The lowest BCUT2D eigenvalue weighted by atomic mass is 10.2. The molecule has 0 saturated carbocycles. The monoisotopic (exact) mass is 800 g/mol. The molecule has 6 aromatic rings. The maximum absolute atomic E-state index is 13.4. The maximum Gasteiger partial charge on any atom is 0.355 e. The molecule has 0 aliphatic heterocycles. The zero-order chi connectivity index (χ0) is 41.1. The van der Waals surface area contributed by atoms with Gasteiger partial charge in [0, 0.05) is 48.5 Å². The molecule has 0 unspecified atom stereocenters. The van der Waals surface area contributed by atoms with Crippen LogP contribution in [0.25, 0.3) is 5.95 Å². The van der Waals surface area contributed by atoms with Crippen LogP contribution < -0.4 is 32.8 Å². The molecule has 57 heavy (non-hydrogen) atoms. The molecule has 6 rings (SSSR count). The standard InChI is InChI=1S/C26H24ClN5O5.C11H13N5O4/c1-17(23(33)36-2)15-32-25(34)30-24(31(26(32)35)16-18-6-8-19(27)9-7-18)29-20-10-12-21(13-11-20)37-22-5-3-4-14-28-22;1-7(8(17)20-2)6-15-10(18)13-9(14-11(15)19)16-5-3-4-12-16/h3-14,17H,15-16H2,1-2H3,(H,29,30,34);3-5,7H,6H2,1-2H3,(H,13,14,18,19)/t17-;7-/m00/s1. The molecule has 20 heteroatoms. The molecule has 2 atom stereocenters. The summed E-state index contributed by atoms with van der Waals surface area (Å²) in [5.74, 6) is -1.31. The number of benzene rings is 2. The quantitative estimate of drug-likeness (QED) is 0.160. The fourth-order valence-electron chi connectivity index (χ4n) is 5.15. The topological polar surface area (TPSA) is 229 Å². The van der Waals surface area contributed by atoms with E-state index in [9.17, 15) is 28.8 Å². The molecule has 4 aromatic heterocycles. The van der Waals surface area contributed by atoms with Gasteiger partial charge in [-0.1, -0.05) is 43.6 Å². The van der Waals surface area contributed by atoms with Crippen LogP contribution in [0.3, 0.4) is 0 Å². The van der Waals surface area contributed by atoms with Crippen molar-refractivity contribution in [1.82, 2.24) is 43.4 Å². The van der Waals surface area contributed by atoms with E-state index in [4.69, 9.17) is 21.1 Å². The lowest BCUT2D eigenvalue weighted by Gasteiger charge is -2.17. The number of aromatic amines is 1. The maximum atomic E-state index is 13.4. The molecule has 0 radical (unpaired) electrons. The summed E-state index contributed by atoms with van der Waals surface area (Å²) in [5.41, 5.74) is -1.48. The van der Waals surface area contributed by atoms with Crippen molar-refractivity contribution in [3.8, 4) is 17.6 Å². The number of pyridine rings is 1. The molecule has 0 aliphatic rings. The van der Waals surface area contributed by atoms with Gasteiger partial charge in [-0.15, -0.1) is 0 Å². The molecular formula is C37H37ClN10O9. The smallest absolute Gasteiger partial charge is 0.355 e. The van der Waals surface area contributed by atoms with E-state index in [0.717, 1.165) is 14.7 Å². The second kappa shape index (κ2) is 18.9. The van der Waals surface area contributed by atoms with Crippen LogP contribution in [0.2, 0.25) is 5.02 Å². The van der Waals surface area contributed by atoms with Crippen LogP contribution in [0, 0.1) is 11.8 Å². The van der Waals surface area contributed by atoms with Gasteiger partial charge in [-0.2, -0.15) is 15.1 Å². The van der Waals surface area contributed by atoms with Crippen LogP contribution in [0.5, 0.6) is 11.6 Å². The van der Waals surface area contributed by atoms with E-state index in [2.05, 4.69) is 35.1 Å². The van der Waals surface area contributed by atoms with Gasteiger partial charge in [-0.05, 0) is 54.1 Å². The second-order valence-corrected chi connectivity index (χ2v) is 12.7. The lowest BCUT2D eigenvalue weighted by Crippen LogP contribution is -2.44. The summed E-state index contributed by atoms with van der Waals surface area (Å²) >= 11 is 6.00. The first-order valence-corrected chi connectivity index (χ1v) is 17.5. The van der Waals surface area contributed by atoms with Gasteiger partial charge in [-0.25, -0.2) is 38.0 Å². The number of nitrogens with zero attached hydrogens (tertiary/aromatic N) is 8. The number of anilines is 2. The highest BCUT2D eigenvalue weighted by molar-refractivity contribution is 6.30. The van der Waals surface area contributed by atoms with Crippen molar-refractivity contribution >= 4 is 35.2 Å². The minimum atomic E-state index is -0.786. The van der Waals surface area contributed by atoms with Crippen molar-refractivity contribution in [1.29, 1.82) is 0 Å². The predicted molar refractivity (Wildman–Crippen MR) is 206 cm³/mol. The minimum Gasteiger partial charge on any atom is -0.469 e. The number of hydrogen-bond donors (Lipinski definition) is 2. The minimum absolute atomic E-state index is 0.0203. The van der Waals surface area contributed by atoms with E-state index in [0.29, 0.717) is 22.3 Å². The van der Waals surface area contributed by atoms with Crippen molar-refractivity contribution in [2.75, 3.05) is 19.5 Å². The van der Waals surface area contributed by atoms with Crippen LogP contribution in [0.1, 0.15) is 19.4 Å². The van der Waals surface area contributed by atoms with Crippen LogP contribution in [0.15, 0.2) is 111 Å². The molecule has 0 amide bonds. The third kappa shape index (κ3) is 10.8. The largest absolute Gasteiger partial charge is 0.469 e. The molecule has 4 heterocycles. The van der Waals surface area contributed by atoms with E-state index in [-0.39, 0.29) is 31.5 Å². The Bertz CT molecular complexity index is 2500. The molecule has 0 aliphatic carbocycles. The molecule has 0 fully saturated rings. The molecule has 0 bridgehead atoms. The molecule has 2 N–H and O–H groups in total. The number of hydrogen-bond acceptors (Lipinski definition) is 14. The molecular weight excluding hydrogens is 764 g/mol. The average Bonchev–Trinajstić information content (AvgIpc) is 3.76. The van der Waals surface area contributed by atoms with Gasteiger partial charge >= 0.3 is 34.7 Å². The summed E-state index contributed by atoms with van der Waals surface area (Å²) in [4.78, 5) is 87.5. The first-order valence-electron chi connectivity index (χ1n) is 17.2. The van der Waals surface area contributed by atoms with Gasteiger partial charge in [0.05, 0.1) is 32.6 Å². The van der Waals surface area contributed by atoms with E-state index in [1.165, 1.54) is 29.7 Å². The lowest BCUT2D eigenvalue weighted by molar-refractivity contribution is -0.146. The molecule has 0 saturated heterocycles. The first-order chi connectivity index (χ1) is 27.4. The average molecular weight is 801 g/mol. The summed E-state index contributed by atoms with van der Waals surface area (Å²) < 4.78 is 19.3. The Balaban J connectivity index is 0.000000261. The van der Waals surface area contributed by atoms with E-state index < -0.39 is 46.5 Å². The zero-order valence-corrected chi connectivity index (χ0v) is 31.8. The van der Waals surface area contributed by atoms with Crippen molar-refractivity contribution in [2.24, 2.45) is 11.8 Å². The first kappa shape index (κ1) is 41.0. The normalized spacial score (nSPS) is 11.7. The molecule has 2 aromatic carbocycles. The van der Waals surface area contributed by atoms with Gasteiger partial charge in [0.15, 0.2) is 0 Å². The van der Waals surface area contributed by atoms with Gasteiger partial charge in [0.25, 0.3) is 0 Å². The van der Waals surface area contributed by atoms with Gasteiger partial charge in [-0.3, -0.25) is 19.1 Å². The Morgan fingerprint density at radius 1 is 0.789 bits per heavy atom. The SMILES string of the molecule is COC(=O)[C@@H](C)Cn1c(=O)nc(-n2cccn2)[nH]c1=O.COC(=O)[C@@H](C)Cn1c(=O)nc(Nc2ccc(Oc3ccccn3)cc2)n(Cc2ccc(Cl)cc2)c1=O. The van der Waals surface area contributed by atoms with E-state index in [1.807, 2.05) is 6.07 Å². The Labute approximate surface area is 328 Å². The Morgan fingerprint density at radius 3 is 2.02 bits per heavy atom. The third-order valence-corrected chi connectivity index (χ3v) is 8.36. The van der Waals surface area contributed by atoms with Crippen LogP contribution in [-0.2, 0) is 38.7 Å². The van der Waals surface area contributed by atoms with Crippen molar-refractivity contribution in [3.63, 3.8) is 0 Å².